The van der Waals surface area contributed by atoms with Gasteiger partial charge in [-0.15, -0.1) is 69.8 Å². The van der Waals surface area contributed by atoms with Gasteiger partial charge < -0.3 is 15.1 Å². The standard InChI is InChI=1S/2C23H24N.C14H26O2.Ir/c2*1-16-11-17(2)13-21(12-16)23-22-8-7-19(14-18-5-3-4-6-18)15-20(22)9-10-24-23;1-6-11(7-2)12(15)10-13(16)14(5,8-3)9-4;/h2*7-12,15,18H,3-6,14H2,1-2H3;10-11,16H,6-9H2,1-5H3;/q2*-1;;/b;;13-10-;/i2*9D,10D;;. The van der Waals surface area contributed by atoms with Crippen LogP contribution in [-0.2, 0) is 37.7 Å². The molecule has 0 bridgehead atoms. The molecule has 2 heterocycles. The number of aromatic nitrogens is 2. The third kappa shape index (κ3) is 13.8. The SMILES string of the molecule is CCC(CC)C(=O)/C=C(\O)C(C)(CC)CC.[2H]c1nc(-c2[c-]c(C)cc(C)c2)c2ccc(CC3CCCC3)cc2c1[2H].[2H]c1nc(-c2[c-]c(C)cc(C)c2)c2ccc(CC3CCCC3)cc2c1[2H].[Ir]. The number of allylic oxidation sites excluding steroid dienone is 2. The summed E-state index contributed by atoms with van der Waals surface area (Å²) in [6.07, 6.45) is 17.7. The first-order chi connectivity index (χ1) is 32.5. The molecule has 6 aromatic rings. The molecule has 2 aromatic heterocycles. The zero-order chi connectivity index (χ0) is 49.3. The van der Waals surface area contributed by atoms with Gasteiger partial charge in [-0.2, -0.15) is 0 Å². The molecule has 5 heteroatoms. The van der Waals surface area contributed by atoms with E-state index in [1.807, 2.05) is 48.5 Å². The predicted molar refractivity (Wildman–Crippen MR) is 271 cm³/mol. The Morgan fingerprint density at radius 1 is 0.708 bits per heavy atom. The Morgan fingerprint density at radius 2 is 1.12 bits per heavy atom. The van der Waals surface area contributed by atoms with Crippen molar-refractivity contribution >= 4 is 27.3 Å². The van der Waals surface area contributed by atoms with Gasteiger partial charge in [0.1, 0.15) is 5.76 Å². The molecule has 0 saturated heterocycles. The van der Waals surface area contributed by atoms with Gasteiger partial charge in [0.2, 0.25) is 0 Å². The van der Waals surface area contributed by atoms with E-state index in [1.165, 1.54) is 68.6 Å². The Hall–Kier alpha value is -4.44. The fourth-order valence-electron chi connectivity index (χ4n) is 9.75. The number of pyridine rings is 2. The van der Waals surface area contributed by atoms with Gasteiger partial charge in [0.05, 0.1) is 5.48 Å². The molecule has 8 rings (SSSR count). The number of aliphatic hydroxyl groups is 1. The molecular formula is C60H74IrN2O2-2. The zero-order valence-electron chi connectivity index (χ0n) is 44.6. The normalized spacial score (nSPS) is 15.4. The van der Waals surface area contributed by atoms with Crippen molar-refractivity contribution in [3.05, 3.63) is 142 Å². The maximum atomic E-state index is 11.9. The van der Waals surface area contributed by atoms with Crippen LogP contribution in [0.1, 0.15) is 151 Å². The molecule has 1 N–H and O–H groups in total. The largest absolute Gasteiger partial charge is 0.512 e. The van der Waals surface area contributed by atoms with E-state index in [4.69, 9.17) is 5.48 Å². The molecule has 4 aromatic carbocycles. The van der Waals surface area contributed by atoms with Crippen LogP contribution in [0.2, 0.25) is 0 Å². The fraction of sp³-hybridized carbons (Fsp3) is 0.450. The topological polar surface area (TPSA) is 63.1 Å². The summed E-state index contributed by atoms with van der Waals surface area (Å²) in [6, 6.07) is 28.2. The van der Waals surface area contributed by atoms with Crippen LogP contribution >= 0.6 is 0 Å². The van der Waals surface area contributed by atoms with Crippen LogP contribution in [0.15, 0.2) is 96.9 Å². The van der Waals surface area contributed by atoms with Crippen LogP contribution in [0.25, 0.3) is 44.1 Å². The summed E-state index contributed by atoms with van der Waals surface area (Å²) in [6.45, 7) is 18.3. The number of hydrogen-bond donors (Lipinski definition) is 1. The first-order valence-electron chi connectivity index (χ1n) is 26.2. The minimum Gasteiger partial charge on any atom is -0.512 e. The molecule has 0 aliphatic heterocycles. The van der Waals surface area contributed by atoms with E-state index in [-0.39, 0.29) is 67.4 Å². The molecule has 0 amide bonds. The summed E-state index contributed by atoms with van der Waals surface area (Å²) in [7, 11) is 0. The molecule has 2 aliphatic rings. The number of aliphatic hydroxyl groups excluding tert-OH is 1. The number of nitrogens with zero attached hydrogens (tertiary/aromatic N) is 2. The van der Waals surface area contributed by atoms with E-state index in [0.717, 1.165) is 117 Å². The molecule has 0 spiro atoms. The molecule has 65 heavy (non-hydrogen) atoms. The monoisotopic (exact) mass is 1050 g/mol. The molecule has 0 unspecified atom stereocenters. The summed E-state index contributed by atoms with van der Waals surface area (Å²) in [5.41, 5.74) is 10.1. The van der Waals surface area contributed by atoms with Crippen LogP contribution < -0.4 is 0 Å². The second kappa shape index (κ2) is 24.4. The number of fused-ring (bicyclic) bond motifs is 2. The van der Waals surface area contributed by atoms with Crippen LogP contribution in [0, 0.1) is 63.0 Å². The van der Waals surface area contributed by atoms with Crippen molar-refractivity contribution < 1.29 is 35.5 Å². The molecule has 347 valence electrons. The quantitative estimate of drug-likeness (QED) is 0.0711. The van der Waals surface area contributed by atoms with Gasteiger partial charge in [-0.25, -0.2) is 0 Å². The average molecular weight is 1050 g/mol. The summed E-state index contributed by atoms with van der Waals surface area (Å²) in [5, 5.41) is 13.6. The molecule has 0 atom stereocenters. The van der Waals surface area contributed by atoms with Crippen LogP contribution in [0.3, 0.4) is 0 Å². The Kier molecular flexibility index (Phi) is 17.1. The van der Waals surface area contributed by atoms with Crippen molar-refractivity contribution in [2.75, 3.05) is 0 Å². The third-order valence-corrected chi connectivity index (χ3v) is 14.0. The molecule has 4 nitrogen and oxygen atoms in total. The van der Waals surface area contributed by atoms with Crippen LogP contribution in [0.4, 0.5) is 0 Å². The molecule has 2 saturated carbocycles. The van der Waals surface area contributed by atoms with E-state index < -0.39 is 0 Å². The predicted octanol–water partition coefficient (Wildman–Crippen LogP) is 16.4. The van der Waals surface area contributed by atoms with Crippen LogP contribution in [-0.4, -0.2) is 20.9 Å². The molecule has 1 radical (unpaired) electrons. The van der Waals surface area contributed by atoms with Gasteiger partial charge in [0.25, 0.3) is 0 Å². The number of aryl methyl sites for hydroxylation is 4. The smallest absolute Gasteiger partial charge is 0.162 e. The second-order valence-corrected chi connectivity index (χ2v) is 19.1. The third-order valence-electron chi connectivity index (χ3n) is 14.0. The van der Waals surface area contributed by atoms with Crippen molar-refractivity contribution in [3.63, 3.8) is 0 Å². The Balaban J connectivity index is 0.000000199. The van der Waals surface area contributed by atoms with Gasteiger partial charge in [-0.1, -0.05) is 150 Å². The van der Waals surface area contributed by atoms with Gasteiger partial charge >= 0.3 is 0 Å². The van der Waals surface area contributed by atoms with Gasteiger partial charge in [-0.05, 0) is 107 Å². The summed E-state index contributed by atoms with van der Waals surface area (Å²) in [4.78, 5) is 20.7. The first kappa shape index (κ1) is 45.7. The van der Waals surface area contributed by atoms with Crippen LogP contribution in [0.5, 0.6) is 0 Å². The van der Waals surface area contributed by atoms with E-state index in [1.54, 1.807) is 0 Å². The second-order valence-electron chi connectivity index (χ2n) is 19.1. The first-order valence-corrected chi connectivity index (χ1v) is 24.2. The van der Waals surface area contributed by atoms with Gasteiger partial charge in [-0.3, -0.25) is 4.79 Å². The maximum absolute atomic E-state index is 11.9. The molecule has 2 aliphatic carbocycles. The Bertz CT molecular complexity index is 2550. The van der Waals surface area contributed by atoms with Crippen molar-refractivity contribution in [2.45, 2.75) is 152 Å². The maximum Gasteiger partial charge on any atom is 0.162 e. The van der Waals surface area contributed by atoms with E-state index in [9.17, 15) is 9.90 Å². The number of ketones is 1. The van der Waals surface area contributed by atoms with Crippen molar-refractivity contribution in [2.24, 2.45) is 23.2 Å². The number of hydrogen-bond acceptors (Lipinski definition) is 4. The number of carbonyl (C=O) groups excluding carboxylic acids is 1. The summed E-state index contributed by atoms with van der Waals surface area (Å²) < 4.78 is 33.1. The van der Waals surface area contributed by atoms with Crippen molar-refractivity contribution in [1.29, 1.82) is 0 Å². The zero-order valence-corrected chi connectivity index (χ0v) is 43.0. The Morgan fingerprint density at radius 3 is 1.49 bits per heavy atom. The van der Waals surface area contributed by atoms with E-state index >= 15 is 0 Å². The minimum atomic E-state index is -0.248. The number of rotatable bonds is 13. The minimum absolute atomic E-state index is 0. The number of benzene rings is 4. The number of carbonyl (C=O) groups is 1. The van der Waals surface area contributed by atoms with Crippen molar-refractivity contribution in [3.8, 4) is 22.5 Å². The van der Waals surface area contributed by atoms with Gasteiger partial charge in [0, 0.05) is 49.9 Å². The average Bonchev–Trinajstić information content (AvgIpc) is 4.04. The Labute approximate surface area is 411 Å². The summed E-state index contributed by atoms with van der Waals surface area (Å²) >= 11 is 0. The van der Waals surface area contributed by atoms with Gasteiger partial charge in [0.15, 0.2) is 5.78 Å². The van der Waals surface area contributed by atoms with E-state index in [2.05, 4.69) is 96.6 Å². The fourth-order valence-corrected chi connectivity index (χ4v) is 9.75. The van der Waals surface area contributed by atoms with Crippen molar-refractivity contribution in [1.82, 2.24) is 9.97 Å². The summed E-state index contributed by atoms with van der Waals surface area (Å²) in [5.74, 6) is 1.91. The molecule has 2 fully saturated rings. The molecular weight excluding hydrogens is 973 g/mol. The van der Waals surface area contributed by atoms with E-state index in [0.29, 0.717) is 0 Å².